The van der Waals surface area contributed by atoms with Crippen molar-refractivity contribution in [1.82, 2.24) is 10.2 Å². The average Bonchev–Trinajstić information content (AvgIpc) is 2.38. The summed E-state index contributed by atoms with van der Waals surface area (Å²) < 4.78 is 5.06. The molecular weight excluding hydrogens is 240 g/mol. The van der Waals surface area contributed by atoms with Crippen LogP contribution >= 0.6 is 0 Å². The fourth-order valence-corrected chi connectivity index (χ4v) is 2.53. The molecule has 0 bridgehead atoms. The molecule has 0 aromatic rings. The molecular formula is C14H30N4O. The number of nitrogens with two attached hydrogens (primary N) is 1. The molecule has 1 fully saturated rings. The van der Waals surface area contributed by atoms with Crippen LogP contribution in [0.5, 0.6) is 0 Å². The number of nitrogens with one attached hydrogen (secondary N) is 1. The van der Waals surface area contributed by atoms with Gasteiger partial charge in [-0.25, -0.2) is 0 Å². The molecule has 0 saturated carbocycles. The Kier molecular flexibility index (Phi) is 7.82. The lowest BCUT2D eigenvalue weighted by Crippen LogP contribution is -2.41. The van der Waals surface area contributed by atoms with Crippen molar-refractivity contribution < 1.29 is 4.74 Å². The molecule has 1 rings (SSSR count). The molecule has 19 heavy (non-hydrogen) atoms. The molecule has 5 heteroatoms. The van der Waals surface area contributed by atoms with Gasteiger partial charge in [0, 0.05) is 19.7 Å². The number of likely N-dealkylation sites (tertiary alicyclic amines) is 1. The standard InChI is InChI=1S/C14H30N4O/c1-4-7-18-8-5-13(6-9-18)10-16-14(15)17-12(2)11-19-3/h12-13H,4-11H2,1-3H3,(H3,15,16,17). The first-order chi connectivity index (χ1) is 9.15. The number of piperidine rings is 1. The summed E-state index contributed by atoms with van der Waals surface area (Å²) in [5.74, 6) is 1.23. The molecule has 1 aliphatic heterocycles. The molecule has 112 valence electrons. The van der Waals surface area contributed by atoms with E-state index < -0.39 is 0 Å². The van der Waals surface area contributed by atoms with E-state index in [1.807, 2.05) is 6.92 Å². The third-order valence-electron chi connectivity index (χ3n) is 3.58. The third kappa shape index (κ3) is 6.78. The van der Waals surface area contributed by atoms with Crippen molar-refractivity contribution in [2.45, 2.75) is 39.2 Å². The van der Waals surface area contributed by atoms with Gasteiger partial charge in [0.1, 0.15) is 0 Å². The second-order valence-electron chi connectivity index (χ2n) is 5.51. The molecule has 5 nitrogen and oxygen atoms in total. The van der Waals surface area contributed by atoms with Gasteiger partial charge < -0.3 is 20.7 Å². The van der Waals surface area contributed by atoms with Crippen molar-refractivity contribution in [1.29, 1.82) is 0 Å². The third-order valence-corrected chi connectivity index (χ3v) is 3.58. The average molecular weight is 270 g/mol. The van der Waals surface area contributed by atoms with Gasteiger partial charge in [0.05, 0.1) is 6.61 Å². The van der Waals surface area contributed by atoms with Crippen LogP contribution in [0.25, 0.3) is 0 Å². The summed E-state index contributed by atoms with van der Waals surface area (Å²) in [4.78, 5) is 6.99. The highest BCUT2D eigenvalue weighted by Crippen LogP contribution is 2.17. The Bertz CT molecular complexity index is 262. The van der Waals surface area contributed by atoms with E-state index in [9.17, 15) is 0 Å². The van der Waals surface area contributed by atoms with Gasteiger partial charge in [-0.1, -0.05) is 6.92 Å². The number of aliphatic imine (C=N–C) groups is 1. The second kappa shape index (κ2) is 9.15. The number of rotatable bonds is 7. The highest BCUT2D eigenvalue weighted by Gasteiger charge is 2.18. The van der Waals surface area contributed by atoms with Crippen LogP contribution in [0, 0.1) is 5.92 Å². The van der Waals surface area contributed by atoms with Gasteiger partial charge in [-0.3, -0.25) is 4.99 Å². The number of ether oxygens (including phenoxy) is 1. The van der Waals surface area contributed by atoms with Gasteiger partial charge >= 0.3 is 0 Å². The van der Waals surface area contributed by atoms with Crippen molar-refractivity contribution >= 4 is 5.96 Å². The van der Waals surface area contributed by atoms with E-state index in [1.54, 1.807) is 7.11 Å². The Hall–Kier alpha value is -0.810. The van der Waals surface area contributed by atoms with E-state index >= 15 is 0 Å². The van der Waals surface area contributed by atoms with Crippen molar-refractivity contribution in [2.75, 3.05) is 39.9 Å². The number of hydrogen-bond acceptors (Lipinski definition) is 3. The molecule has 0 aromatic heterocycles. The summed E-state index contributed by atoms with van der Waals surface area (Å²) >= 11 is 0. The van der Waals surface area contributed by atoms with Gasteiger partial charge in [0.15, 0.2) is 5.96 Å². The predicted molar refractivity (Wildman–Crippen MR) is 80.4 cm³/mol. The zero-order valence-electron chi connectivity index (χ0n) is 12.7. The Morgan fingerprint density at radius 3 is 2.74 bits per heavy atom. The summed E-state index contributed by atoms with van der Waals surface area (Å²) in [5.41, 5.74) is 5.87. The van der Waals surface area contributed by atoms with E-state index in [1.165, 1.54) is 38.9 Å². The quantitative estimate of drug-likeness (QED) is 0.536. The zero-order chi connectivity index (χ0) is 14.1. The lowest BCUT2D eigenvalue weighted by atomic mass is 9.97. The summed E-state index contributed by atoms with van der Waals surface area (Å²) in [6, 6.07) is 0.208. The van der Waals surface area contributed by atoms with Crippen LogP contribution in [0.15, 0.2) is 4.99 Å². The molecule has 3 N–H and O–H groups in total. The lowest BCUT2D eigenvalue weighted by Gasteiger charge is -2.30. The molecule has 0 amide bonds. The summed E-state index contributed by atoms with van der Waals surface area (Å²) in [6.45, 7) is 9.42. The fraction of sp³-hybridized carbons (Fsp3) is 0.929. The van der Waals surface area contributed by atoms with Gasteiger partial charge in [0.2, 0.25) is 0 Å². The highest BCUT2D eigenvalue weighted by molar-refractivity contribution is 5.78. The van der Waals surface area contributed by atoms with E-state index in [2.05, 4.69) is 22.1 Å². The van der Waals surface area contributed by atoms with E-state index in [4.69, 9.17) is 10.5 Å². The molecule has 1 heterocycles. The molecule has 1 saturated heterocycles. The highest BCUT2D eigenvalue weighted by atomic mass is 16.5. The molecule has 0 spiro atoms. The number of methoxy groups -OCH3 is 1. The van der Waals surface area contributed by atoms with Crippen molar-refractivity contribution in [3.63, 3.8) is 0 Å². The topological polar surface area (TPSA) is 62.9 Å². The summed E-state index contributed by atoms with van der Waals surface area (Å²) in [6.07, 6.45) is 3.73. The maximum atomic E-state index is 5.87. The van der Waals surface area contributed by atoms with Gasteiger partial charge in [-0.05, 0) is 51.7 Å². The SMILES string of the molecule is CCCN1CCC(CN=C(N)NC(C)COC)CC1. The first kappa shape index (κ1) is 16.2. The lowest BCUT2D eigenvalue weighted by molar-refractivity contribution is 0.179. The van der Waals surface area contributed by atoms with E-state index in [0.717, 1.165) is 6.54 Å². The smallest absolute Gasteiger partial charge is 0.188 e. The Labute approximate surface area is 117 Å². The minimum Gasteiger partial charge on any atom is -0.383 e. The second-order valence-corrected chi connectivity index (χ2v) is 5.51. The van der Waals surface area contributed by atoms with Crippen LogP contribution in [-0.4, -0.2) is 56.8 Å². The molecule has 0 aliphatic carbocycles. The van der Waals surface area contributed by atoms with Crippen LogP contribution in [0.3, 0.4) is 0 Å². The van der Waals surface area contributed by atoms with Crippen molar-refractivity contribution in [3.05, 3.63) is 0 Å². The minimum atomic E-state index is 0.208. The van der Waals surface area contributed by atoms with Gasteiger partial charge in [-0.15, -0.1) is 0 Å². The van der Waals surface area contributed by atoms with Crippen LogP contribution in [-0.2, 0) is 4.74 Å². The summed E-state index contributed by atoms with van der Waals surface area (Å²) in [7, 11) is 1.69. The normalized spacial score (nSPS) is 20.5. The minimum absolute atomic E-state index is 0.208. The van der Waals surface area contributed by atoms with Gasteiger partial charge in [0.25, 0.3) is 0 Å². The Morgan fingerprint density at radius 2 is 2.16 bits per heavy atom. The molecule has 1 unspecified atom stereocenters. The number of guanidine groups is 1. The Balaban J connectivity index is 2.21. The molecule has 1 aliphatic rings. The van der Waals surface area contributed by atoms with Crippen molar-refractivity contribution in [2.24, 2.45) is 16.6 Å². The molecule has 0 radical (unpaired) electrons. The molecule has 1 atom stereocenters. The predicted octanol–water partition coefficient (Wildman–Crippen LogP) is 1.05. The maximum Gasteiger partial charge on any atom is 0.188 e. The van der Waals surface area contributed by atoms with Crippen LogP contribution in [0.2, 0.25) is 0 Å². The fourth-order valence-electron chi connectivity index (χ4n) is 2.53. The number of nitrogens with zero attached hydrogens (tertiary/aromatic N) is 2. The van der Waals surface area contributed by atoms with Crippen LogP contribution < -0.4 is 11.1 Å². The van der Waals surface area contributed by atoms with E-state index in [0.29, 0.717) is 18.5 Å². The maximum absolute atomic E-state index is 5.87. The monoisotopic (exact) mass is 270 g/mol. The van der Waals surface area contributed by atoms with Crippen molar-refractivity contribution in [3.8, 4) is 0 Å². The van der Waals surface area contributed by atoms with E-state index in [-0.39, 0.29) is 6.04 Å². The summed E-state index contributed by atoms with van der Waals surface area (Å²) in [5, 5.41) is 3.14. The van der Waals surface area contributed by atoms with Crippen LogP contribution in [0.4, 0.5) is 0 Å². The first-order valence-electron chi connectivity index (χ1n) is 7.43. The zero-order valence-corrected chi connectivity index (χ0v) is 12.7. The Morgan fingerprint density at radius 1 is 1.47 bits per heavy atom. The van der Waals surface area contributed by atoms with Crippen LogP contribution in [0.1, 0.15) is 33.1 Å². The van der Waals surface area contributed by atoms with Gasteiger partial charge in [-0.2, -0.15) is 0 Å². The first-order valence-corrected chi connectivity index (χ1v) is 7.43. The number of hydrogen-bond donors (Lipinski definition) is 2. The largest absolute Gasteiger partial charge is 0.383 e. The molecule has 0 aromatic carbocycles.